The van der Waals surface area contributed by atoms with Crippen LogP contribution in [0.25, 0.3) is 10.9 Å². The van der Waals surface area contributed by atoms with E-state index in [-0.39, 0.29) is 11.8 Å². The van der Waals surface area contributed by atoms with Crippen molar-refractivity contribution in [1.29, 1.82) is 0 Å². The number of rotatable bonds is 6. The molecule has 0 saturated heterocycles. The van der Waals surface area contributed by atoms with Crippen molar-refractivity contribution < 1.29 is 5.11 Å². The summed E-state index contributed by atoms with van der Waals surface area (Å²) in [6.45, 7) is 0. The van der Waals surface area contributed by atoms with E-state index < -0.39 is 0 Å². The van der Waals surface area contributed by atoms with E-state index in [0.717, 1.165) is 22.3 Å². The minimum absolute atomic E-state index is 0.0747. The van der Waals surface area contributed by atoms with Gasteiger partial charge in [-0.2, -0.15) is 15.0 Å². The molecule has 2 aromatic heterocycles. The number of anilines is 4. The smallest absolute Gasteiger partial charge is 0.275 e. The number of hydrogen-bond acceptors (Lipinski definition) is 8. The van der Waals surface area contributed by atoms with Crippen molar-refractivity contribution in [3.05, 3.63) is 84.9 Å². The van der Waals surface area contributed by atoms with Crippen LogP contribution in [0.5, 0.6) is 5.88 Å². The first-order valence-corrected chi connectivity index (χ1v) is 9.86. The Hall–Kier alpha value is -4.79. The largest absolute Gasteiger partial charge is 0.493 e. The van der Waals surface area contributed by atoms with Crippen LogP contribution in [0.1, 0.15) is 0 Å². The van der Waals surface area contributed by atoms with Crippen LogP contribution in [0.3, 0.4) is 0 Å². The standard InChI is InChI=1S/C23H18N8O/c32-20-19(17-13-7-8-14-18(17)26-20)30-31-23-28-21(24-15-9-3-1-4-10-15)27-22(29-23)25-16-11-5-2-6-12-16/h1-14,26,32H,(H2,24,25,27,28,29). The zero-order valence-corrected chi connectivity index (χ0v) is 16.8. The fraction of sp³-hybridized carbons (Fsp3) is 0. The van der Waals surface area contributed by atoms with Crippen molar-refractivity contribution in [2.45, 2.75) is 0 Å². The van der Waals surface area contributed by atoms with Crippen LogP contribution in [0.15, 0.2) is 95.2 Å². The van der Waals surface area contributed by atoms with Gasteiger partial charge in [-0.3, -0.25) is 0 Å². The van der Waals surface area contributed by atoms with Gasteiger partial charge in [-0.1, -0.05) is 54.6 Å². The van der Waals surface area contributed by atoms with E-state index in [1.54, 1.807) is 0 Å². The molecular weight excluding hydrogens is 404 g/mol. The predicted molar refractivity (Wildman–Crippen MR) is 123 cm³/mol. The second-order valence-corrected chi connectivity index (χ2v) is 6.83. The summed E-state index contributed by atoms with van der Waals surface area (Å²) in [6.07, 6.45) is 0. The molecule has 0 bridgehead atoms. The molecule has 0 spiro atoms. The first-order chi connectivity index (χ1) is 15.7. The van der Waals surface area contributed by atoms with Crippen LogP contribution in [-0.2, 0) is 0 Å². The molecule has 3 aromatic carbocycles. The summed E-state index contributed by atoms with van der Waals surface area (Å²) in [5.74, 6) is 0.624. The van der Waals surface area contributed by atoms with Crippen molar-refractivity contribution in [2.24, 2.45) is 10.2 Å². The molecule has 0 aliphatic heterocycles. The predicted octanol–water partition coefficient (Wildman–Crippen LogP) is 5.96. The lowest BCUT2D eigenvalue weighted by Gasteiger charge is -2.08. The second-order valence-electron chi connectivity index (χ2n) is 6.83. The Kier molecular flexibility index (Phi) is 5.11. The highest BCUT2D eigenvalue weighted by Gasteiger charge is 2.11. The first-order valence-electron chi connectivity index (χ1n) is 9.86. The number of azo groups is 1. The van der Waals surface area contributed by atoms with Crippen LogP contribution >= 0.6 is 0 Å². The number of benzene rings is 3. The van der Waals surface area contributed by atoms with E-state index in [4.69, 9.17) is 0 Å². The molecule has 0 amide bonds. The number of nitrogens with zero attached hydrogens (tertiary/aromatic N) is 5. The van der Waals surface area contributed by atoms with Gasteiger partial charge in [0.25, 0.3) is 5.95 Å². The molecule has 156 valence electrons. The van der Waals surface area contributed by atoms with Gasteiger partial charge in [-0.15, -0.1) is 10.2 Å². The molecular formula is C23H18N8O. The van der Waals surface area contributed by atoms with Gasteiger partial charge in [-0.05, 0) is 30.3 Å². The zero-order valence-electron chi connectivity index (χ0n) is 16.8. The second kappa shape index (κ2) is 8.52. The quantitative estimate of drug-likeness (QED) is 0.250. The summed E-state index contributed by atoms with van der Waals surface area (Å²) < 4.78 is 0. The minimum atomic E-state index is -0.0747. The Morgan fingerprint density at radius 1 is 0.656 bits per heavy atom. The monoisotopic (exact) mass is 422 g/mol. The molecule has 0 unspecified atom stereocenters. The number of H-pyrrole nitrogens is 1. The molecule has 0 radical (unpaired) electrons. The van der Waals surface area contributed by atoms with Crippen LogP contribution < -0.4 is 10.6 Å². The third-order valence-corrected chi connectivity index (χ3v) is 4.58. The summed E-state index contributed by atoms with van der Waals surface area (Å²) in [5.41, 5.74) is 2.71. The normalized spacial score (nSPS) is 11.1. The minimum Gasteiger partial charge on any atom is -0.493 e. The lowest BCUT2D eigenvalue weighted by molar-refractivity contribution is 0.459. The van der Waals surface area contributed by atoms with Gasteiger partial charge in [0.15, 0.2) is 5.69 Å². The highest BCUT2D eigenvalue weighted by atomic mass is 16.3. The third kappa shape index (κ3) is 4.21. The van der Waals surface area contributed by atoms with Crippen LogP contribution in [-0.4, -0.2) is 25.0 Å². The topological polar surface area (TPSA) is 123 Å². The van der Waals surface area contributed by atoms with E-state index in [1.165, 1.54) is 0 Å². The Morgan fingerprint density at radius 2 is 1.22 bits per heavy atom. The van der Waals surface area contributed by atoms with Crippen molar-refractivity contribution in [3.8, 4) is 5.88 Å². The number of nitrogens with one attached hydrogen (secondary N) is 3. The molecule has 9 nitrogen and oxygen atoms in total. The third-order valence-electron chi connectivity index (χ3n) is 4.58. The highest BCUT2D eigenvalue weighted by molar-refractivity contribution is 5.94. The summed E-state index contributed by atoms with van der Waals surface area (Å²) in [4.78, 5) is 16.0. The van der Waals surface area contributed by atoms with Crippen molar-refractivity contribution in [2.75, 3.05) is 10.6 Å². The molecule has 0 saturated carbocycles. The average Bonchev–Trinajstić information content (AvgIpc) is 3.14. The molecule has 9 heteroatoms. The van der Waals surface area contributed by atoms with Gasteiger partial charge in [0.2, 0.25) is 17.8 Å². The van der Waals surface area contributed by atoms with Gasteiger partial charge < -0.3 is 20.7 Å². The van der Waals surface area contributed by atoms with Crippen LogP contribution in [0.2, 0.25) is 0 Å². The van der Waals surface area contributed by atoms with E-state index in [9.17, 15) is 5.11 Å². The zero-order chi connectivity index (χ0) is 21.8. The maximum Gasteiger partial charge on any atom is 0.275 e. The Balaban J connectivity index is 1.51. The molecule has 0 atom stereocenters. The Bertz CT molecular complexity index is 1320. The summed E-state index contributed by atoms with van der Waals surface area (Å²) >= 11 is 0. The van der Waals surface area contributed by atoms with Gasteiger partial charge in [0.1, 0.15) is 0 Å². The Labute approximate surface area is 182 Å². The van der Waals surface area contributed by atoms with Crippen molar-refractivity contribution >= 4 is 45.8 Å². The van der Waals surface area contributed by atoms with Gasteiger partial charge in [-0.25, -0.2) is 0 Å². The average molecular weight is 422 g/mol. The number of fused-ring (bicyclic) bond motifs is 1. The summed E-state index contributed by atoms with van der Waals surface area (Å²) in [6, 6.07) is 26.5. The first kappa shape index (κ1) is 19.2. The van der Waals surface area contributed by atoms with Crippen LogP contribution in [0.4, 0.5) is 34.9 Å². The van der Waals surface area contributed by atoms with E-state index in [0.29, 0.717) is 17.6 Å². The fourth-order valence-electron chi connectivity index (χ4n) is 3.13. The van der Waals surface area contributed by atoms with E-state index in [1.807, 2.05) is 84.9 Å². The van der Waals surface area contributed by atoms with Gasteiger partial charge >= 0.3 is 0 Å². The van der Waals surface area contributed by atoms with Gasteiger partial charge in [0, 0.05) is 16.8 Å². The lowest BCUT2D eigenvalue weighted by atomic mass is 10.2. The van der Waals surface area contributed by atoms with Crippen molar-refractivity contribution in [1.82, 2.24) is 19.9 Å². The molecule has 0 aliphatic carbocycles. The SMILES string of the molecule is Oc1[nH]c2ccccc2c1N=Nc1nc(Nc2ccccc2)nc(Nc2ccccc2)n1. The van der Waals surface area contributed by atoms with E-state index in [2.05, 4.69) is 40.8 Å². The Morgan fingerprint density at radius 3 is 1.84 bits per heavy atom. The molecule has 0 fully saturated rings. The molecule has 32 heavy (non-hydrogen) atoms. The number of hydrogen-bond donors (Lipinski definition) is 4. The van der Waals surface area contributed by atoms with E-state index >= 15 is 0 Å². The number of aromatic nitrogens is 4. The van der Waals surface area contributed by atoms with Crippen molar-refractivity contribution in [3.63, 3.8) is 0 Å². The molecule has 4 N–H and O–H groups in total. The van der Waals surface area contributed by atoms with Crippen LogP contribution in [0, 0.1) is 0 Å². The number of para-hydroxylation sites is 3. The maximum absolute atomic E-state index is 10.2. The molecule has 0 aliphatic rings. The fourth-order valence-corrected chi connectivity index (χ4v) is 3.13. The van der Waals surface area contributed by atoms with Gasteiger partial charge in [0.05, 0.1) is 5.52 Å². The summed E-state index contributed by atoms with van der Waals surface area (Å²) in [5, 5.41) is 25.6. The maximum atomic E-state index is 10.2. The molecule has 5 rings (SSSR count). The lowest BCUT2D eigenvalue weighted by Crippen LogP contribution is -2.03. The highest BCUT2D eigenvalue weighted by Crippen LogP contribution is 2.35. The molecule has 5 aromatic rings. The number of aromatic amines is 1. The molecule has 2 heterocycles. The number of aromatic hydroxyl groups is 1. The summed E-state index contributed by atoms with van der Waals surface area (Å²) in [7, 11) is 0.